The van der Waals surface area contributed by atoms with E-state index in [1.165, 1.54) is 30.7 Å². The van der Waals surface area contributed by atoms with Gasteiger partial charge in [-0.2, -0.15) is 0 Å². The van der Waals surface area contributed by atoms with Gasteiger partial charge in [-0.3, -0.25) is 19.9 Å². The molecule has 3 heterocycles. The Labute approximate surface area is 143 Å². The van der Waals surface area contributed by atoms with E-state index in [9.17, 15) is 14.4 Å². The Morgan fingerprint density at radius 3 is 2.80 bits per heavy atom. The largest absolute Gasteiger partial charge is 0.467 e. The third-order valence-electron chi connectivity index (χ3n) is 4.06. The lowest BCUT2D eigenvalue weighted by Crippen LogP contribution is -2.62. The second kappa shape index (κ2) is 6.38. The fourth-order valence-corrected chi connectivity index (χ4v) is 2.69. The van der Waals surface area contributed by atoms with Crippen LogP contribution in [-0.4, -0.2) is 77.9 Å². The number of guanidine groups is 1. The third-order valence-corrected chi connectivity index (χ3v) is 4.06. The molecule has 0 aromatic carbocycles. The number of carbonyl (C=O) groups excluding carboxylic acids is 3. The maximum absolute atomic E-state index is 12.6. The van der Waals surface area contributed by atoms with Crippen molar-refractivity contribution in [3.05, 3.63) is 24.2 Å². The lowest BCUT2D eigenvalue weighted by molar-refractivity contribution is -0.528. The Morgan fingerprint density at radius 2 is 2.16 bits per heavy atom. The van der Waals surface area contributed by atoms with Gasteiger partial charge in [0.15, 0.2) is 6.54 Å². The number of carbonyl (C=O) groups is 3. The first-order chi connectivity index (χ1) is 11.9. The molecule has 25 heavy (non-hydrogen) atoms. The van der Waals surface area contributed by atoms with Crippen molar-refractivity contribution in [1.29, 1.82) is 0 Å². The maximum Gasteiger partial charge on any atom is 0.390 e. The van der Waals surface area contributed by atoms with Crippen LogP contribution in [-0.2, 0) is 20.9 Å². The number of nitrogens with zero attached hydrogens (tertiary/aromatic N) is 4. The predicted octanol–water partition coefficient (Wildman–Crippen LogP) is -0.785. The summed E-state index contributed by atoms with van der Waals surface area (Å²) in [6.07, 6.45) is 1.54. The van der Waals surface area contributed by atoms with Crippen LogP contribution in [0.4, 0.5) is 4.79 Å². The molecule has 3 amide bonds. The van der Waals surface area contributed by atoms with E-state index in [1.54, 1.807) is 18.4 Å². The molecule has 0 saturated carbocycles. The highest BCUT2D eigenvalue weighted by Gasteiger charge is 2.51. The van der Waals surface area contributed by atoms with E-state index in [0.717, 1.165) is 4.90 Å². The molecule has 1 unspecified atom stereocenters. The van der Waals surface area contributed by atoms with Crippen molar-refractivity contribution in [1.82, 2.24) is 15.1 Å². The molecule has 2 aliphatic heterocycles. The average Bonchev–Trinajstić information content (AvgIpc) is 3.24. The van der Waals surface area contributed by atoms with Crippen molar-refractivity contribution in [3.63, 3.8) is 0 Å². The summed E-state index contributed by atoms with van der Waals surface area (Å²) < 4.78 is 11.4. The number of rotatable bonds is 4. The van der Waals surface area contributed by atoms with Gasteiger partial charge in [0, 0.05) is 14.1 Å². The molecule has 1 saturated heterocycles. The van der Waals surface area contributed by atoms with E-state index in [-0.39, 0.29) is 12.4 Å². The second-order valence-corrected chi connectivity index (χ2v) is 5.57. The number of likely N-dealkylation sites (N-methyl/N-ethyl adjacent to an activating group) is 2. The monoisotopic (exact) mass is 348 g/mol. The van der Waals surface area contributed by atoms with Crippen molar-refractivity contribution in [2.45, 2.75) is 12.6 Å². The van der Waals surface area contributed by atoms with Gasteiger partial charge < -0.3 is 9.15 Å². The number of imide groups is 1. The molecule has 10 nitrogen and oxygen atoms in total. The molecule has 0 aliphatic carbocycles. The summed E-state index contributed by atoms with van der Waals surface area (Å²) in [5.74, 6) is 0.238. The van der Waals surface area contributed by atoms with Crippen LogP contribution in [0.2, 0.25) is 0 Å². The normalized spacial score (nSPS) is 20.0. The van der Waals surface area contributed by atoms with Gasteiger partial charge in [-0.25, -0.2) is 14.2 Å². The number of hydrogen-bond donors (Lipinski definition) is 1. The number of amides is 3. The quantitative estimate of drug-likeness (QED) is 0.565. The van der Waals surface area contributed by atoms with Crippen LogP contribution in [0.25, 0.3) is 0 Å². The fraction of sp³-hybridized carbons (Fsp3) is 0.400. The van der Waals surface area contributed by atoms with Gasteiger partial charge in [0.25, 0.3) is 5.91 Å². The zero-order valence-electron chi connectivity index (χ0n) is 14.1. The summed E-state index contributed by atoms with van der Waals surface area (Å²) >= 11 is 0. The van der Waals surface area contributed by atoms with Crippen LogP contribution in [0.5, 0.6) is 0 Å². The summed E-state index contributed by atoms with van der Waals surface area (Å²) in [5.41, 5.74) is 0. The molecule has 0 radical (unpaired) electrons. The highest BCUT2D eigenvalue weighted by atomic mass is 16.5. The van der Waals surface area contributed by atoms with E-state index < -0.39 is 23.9 Å². The number of furan rings is 1. The van der Waals surface area contributed by atoms with Crippen molar-refractivity contribution in [2.75, 3.05) is 27.7 Å². The molecule has 0 bridgehead atoms. The van der Waals surface area contributed by atoms with Gasteiger partial charge >= 0.3 is 18.0 Å². The number of amidine groups is 1. The molecule has 1 N–H and O–H groups in total. The van der Waals surface area contributed by atoms with E-state index in [0.29, 0.717) is 18.3 Å². The Hall–Kier alpha value is -3.17. The Balaban J connectivity index is 1.94. The van der Waals surface area contributed by atoms with E-state index in [2.05, 4.69) is 10.3 Å². The van der Waals surface area contributed by atoms with E-state index in [4.69, 9.17) is 9.15 Å². The topological polar surface area (TPSA) is 107 Å². The molecule has 1 aromatic heterocycles. The number of urea groups is 1. The fourth-order valence-electron chi connectivity index (χ4n) is 2.69. The molecule has 0 spiro atoms. The number of aliphatic imine (C=N–C) groups is 1. The van der Waals surface area contributed by atoms with Crippen molar-refractivity contribution < 1.29 is 28.1 Å². The van der Waals surface area contributed by atoms with Crippen LogP contribution < -0.4 is 5.32 Å². The van der Waals surface area contributed by atoms with Crippen LogP contribution in [0.3, 0.4) is 0 Å². The van der Waals surface area contributed by atoms with Gasteiger partial charge in [0.2, 0.25) is 11.9 Å². The minimum Gasteiger partial charge on any atom is -0.467 e. The first kappa shape index (κ1) is 16.7. The summed E-state index contributed by atoms with van der Waals surface area (Å²) in [5, 5.41) is 3.04. The lowest BCUT2D eigenvalue weighted by atomic mass is 10.1. The number of hydrogen-bond acceptors (Lipinski definition) is 7. The van der Waals surface area contributed by atoms with Gasteiger partial charge in [-0.1, -0.05) is 4.99 Å². The molecule has 3 rings (SSSR count). The Kier molecular flexibility index (Phi) is 4.26. The van der Waals surface area contributed by atoms with E-state index in [1.807, 2.05) is 0 Å². The number of fused-ring (bicyclic) bond motifs is 1. The van der Waals surface area contributed by atoms with Crippen LogP contribution >= 0.6 is 0 Å². The Morgan fingerprint density at radius 1 is 1.40 bits per heavy atom. The number of methoxy groups -OCH3 is 1. The van der Waals surface area contributed by atoms with Gasteiger partial charge in [-0.05, 0) is 12.1 Å². The lowest BCUT2D eigenvalue weighted by Gasteiger charge is -2.31. The first-order valence-electron chi connectivity index (χ1n) is 7.54. The highest BCUT2D eigenvalue weighted by molar-refractivity contribution is 6.22. The zero-order valence-corrected chi connectivity index (χ0v) is 14.1. The SMILES string of the molecule is COC(=O)C[N+]1=C(NCc2ccco2)N=C2C1C(=O)N(C)C(=O)N2C. The van der Waals surface area contributed by atoms with Crippen LogP contribution in [0, 0.1) is 0 Å². The van der Waals surface area contributed by atoms with Gasteiger partial charge in [0.05, 0.1) is 13.4 Å². The zero-order chi connectivity index (χ0) is 18.1. The second-order valence-electron chi connectivity index (χ2n) is 5.57. The van der Waals surface area contributed by atoms with Gasteiger partial charge in [-0.15, -0.1) is 0 Å². The van der Waals surface area contributed by atoms with Crippen molar-refractivity contribution in [2.24, 2.45) is 4.99 Å². The van der Waals surface area contributed by atoms with Crippen LogP contribution in [0.1, 0.15) is 5.76 Å². The molecule has 1 aromatic rings. The first-order valence-corrected chi connectivity index (χ1v) is 7.54. The molecular weight excluding hydrogens is 330 g/mol. The third kappa shape index (κ3) is 2.86. The standard InChI is InChI=1S/C15H17N5O5/c1-18-12-11(13(22)19(2)15(18)23)20(8-10(21)24-3)14(17-12)16-7-9-5-4-6-25-9/h4-6,11H,7-8H2,1-3H3/p+1. The number of ether oxygens (including phenoxy) is 1. The predicted molar refractivity (Wildman–Crippen MR) is 84.9 cm³/mol. The summed E-state index contributed by atoms with van der Waals surface area (Å²) in [6.45, 7) is 0.126. The molecule has 2 aliphatic rings. The average molecular weight is 348 g/mol. The maximum atomic E-state index is 12.6. The van der Waals surface area contributed by atoms with Crippen molar-refractivity contribution in [3.8, 4) is 0 Å². The summed E-state index contributed by atoms with van der Waals surface area (Å²) in [6, 6.07) is 2.18. The van der Waals surface area contributed by atoms with E-state index >= 15 is 0 Å². The number of esters is 1. The summed E-state index contributed by atoms with van der Waals surface area (Å²) in [4.78, 5) is 43.1. The minimum atomic E-state index is -0.870. The Bertz CT molecular complexity index is 782. The summed E-state index contributed by atoms with van der Waals surface area (Å²) in [7, 11) is 4.19. The van der Waals surface area contributed by atoms with Crippen LogP contribution in [0.15, 0.2) is 27.8 Å². The molecule has 10 heteroatoms. The molecule has 1 fully saturated rings. The molecule has 1 atom stereocenters. The smallest absolute Gasteiger partial charge is 0.390 e. The highest BCUT2D eigenvalue weighted by Crippen LogP contribution is 2.18. The van der Waals surface area contributed by atoms with Gasteiger partial charge in [0.1, 0.15) is 12.3 Å². The minimum absolute atomic E-state index is 0.184. The van der Waals surface area contributed by atoms with Crippen molar-refractivity contribution >= 4 is 29.7 Å². The number of nitrogens with one attached hydrogen (secondary N) is 1. The molecular formula is C15H18N5O5+. The molecule has 132 valence electrons.